The van der Waals surface area contributed by atoms with Gasteiger partial charge in [-0.15, -0.1) is 11.8 Å². The number of rotatable bonds is 8. The van der Waals surface area contributed by atoms with Gasteiger partial charge in [0.15, 0.2) is 0 Å². The Hall–Kier alpha value is -0.0900. The number of azo groups is 1. The highest BCUT2D eigenvalue weighted by Gasteiger charge is 2.46. The molecule has 0 heterocycles. The molecular formula is C19H36N2OS. The zero-order chi connectivity index (χ0) is 16.5. The summed E-state index contributed by atoms with van der Waals surface area (Å²) in [5, 5.41) is 9.80. The van der Waals surface area contributed by atoms with E-state index in [-0.39, 0.29) is 4.87 Å². The molecule has 0 N–H and O–H groups in total. The van der Waals surface area contributed by atoms with Gasteiger partial charge >= 0.3 is 0 Å². The minimum Gasteiger partial charge on any atom is -0.384 e. The van der Waals surface area contributed by atoms with Crippen LogP contribution in [0, 0.1) is 11.8 Å². The van der Waals surface area contributed by atoms with Crippen LogP contribution in [0.4, 0.5) is 0 Å². The SMILES string of the molecule is COCCSC(/N=N/C(C)C)(C1CCCCC1)C1CCCCC1. The van der Waals surface area contributed by atoms with E-state index in [4.69, 9.17) is 9.85 Å². The lowest BCUT2D eigenvalue weighted by molar-refractivity contribution is 0.172. The zero-order valence-corrected chi connectivity index (χ0v) is 16.2. The first-order chi connectivity index (χ1) is 11.2. The lowest BCUT2D eigenvalue weighted by Crippen LogP contribution is -2.43. The second-order valence-corrected chi connectivity index (χ2v) is 8.92. The summed E-state index contributed by atoms with van der Waals surface area (Å²) in [6, 6.07) is 0.296. The van der Waals surface area contributed by atoms with Crippen molar-refractivity contribution < 1.29 is 4.74 Å². The van der Waals surface area contributed by atoms with E-state index >= 15 is 0 Å². The van der Waals surface area contributed by atoms with E-state index in [0.29, 0.717) is 17.9 Å². The molecule has 0 aromatic rings. The highest BCUT2D eigenvalue weighted by molar-refractivity contribution is 8.00. The number of methoxy groups -OCH3 is 1. The second-order valence-electron chi connectivity index (χ2n) is 7.57. The lowest BCUT2D eigenvalue weighted by atomic mass is 9.73. The van der Waals surface area contributed by atoms with Crippen LogP contribution in [0.3, 0.4) is 0 Å². The third-order valence-electron chi connectivity index (χ3n) is 5.45. The summed E-state index contributed by atoms with van der Waals surface area (Å²) in [6.45, 7) is 5.12. The minimum atomic E-state index is 0.0175. The summed E-state index contributed by atoms with van der Waals surface area (Å²) in [4.78, 5) is 0.0175. The van der Waals surface area contributed by atoms with E-state index in [1.165, 1.54) is 64.2 Å². The van der Waals surface area contributed by atoms with Crippen LogP contribution in [0.5, 0.6) is 0 Å². The molecule has 0 bridgehead atoms. The number of hydrogen-bond donors (Lipinski definition) is 0. The van der Waals surface area contributed by atoms with Crippen LogP contribution in [-0.2, 0) is 4.74 Å². The quantitative estimate of drug-likeness (QED) is 0.396. The van der Waals surface area contributed by atoms with Crippen molar-refractivity contribution in [3.63, 3.8) is 0 Å². The van der Waals surface area contributed by atoms with Crippen LogP contribution >= 0.6 is 11.8 Å². The first kappa shape index (κ1) is 19.2. The average molecular weight is 341 g/mol. The molecule has 0 amide bonds. The molecule has 0 unspecified atom stereocenters. The second kappa shape index (κ2) is 10.0. The van der Waals surface area contributed by atoms with Crippen LogP contribution in [0.1, 0.15) is 78.1 Å². The Morgan fingerprint density at radius 2 is 1.48 bits per heavy atom. The third-order valence-corrected chi connectivity index (χ3v) is 7.03. The molecule has 2 aliphatic carbocycles. The van der Waals surface area contributed by atoms with E-state index in [1.54, 1.807) is 7.11 Å². The Balaban J connectivity index is 2.24. The first-order valence-corrected chi connectivity index (χ1v) is 10.7. The molecule has 2 fully saturated rings. The van der Waals surface area contributed by atoms with Crippen molar-refractivity contribution in [3.05, 3.63) is 0 Å². The number of hydrogen-bond acceptors (Lipinski definition) is 4. The summed E-state index contributed by atoms with van der Waals surface area (Å²) < 4.78 is 5.34. The molecule has 0 spiro atoms. The largest absolute Gasteiger partial charge is 0.384 e. The molecule has 0 radical (unpaired) electrons. The van der Waals surface area contributed by atoms with Crippen LogP contribution in [-0.4, -0.2) is 30.4 Å². The molecule has 0 saturated heterocycles. The van der Waals surface area contributed by atoms with Crippen LogP contribution in [0.15, 0.2) is 10.2 Å². The van der Waals surface area contributed by atoms with Gasteiger partial charge in [-0.1, -0.05) is 38.5 Å². The molecule has 0 aromatic heterocycles. The maximum atomic E-state index is 5.34. The fourth-order valence-electron chi connectivity index (χ4n) is 4.29. The lowest BCUT2D eigenvalue weighted by Gasteiger charge is -2.45. The van der Waals surface area contributed by atoms with Crippen molar-refractivity contribution in [1.29, 1.82) is 0 Å². The Bertz CT molecular complexity index is 329. The predicted molar refractivity (Wildman–Crippen MR) is 100 cm³/mol. The Labute approximate surface area is 147 Å². The molecule has 0 aromatic carbocycles. The van der Waals surface area contributed by atoms with E-state index < -0.39 is 0 Å². The molecule has 2 saturated carbocycles. The standard InChI is InChI=1S/C19H36N2OS/c1-16(2)20-21-19(23-15-14-22-3,17-10-6-4-7-11-17)18-12-8-5-9-13-18/h16-18H,4-15H2,1-3H3/b21-20+. The molecule has 4 heteroatoms. The molecule has 0 atom stereocenters. The number of ether oxygens (including phenoxy) is 1. The highest BCUT2D eigenvalue weighted by atomic mass is 32.2. The monoisotopic (exact) mass is 340 g/mol. The van der Waals surface area contributed by atoms with Gasteiger partial charge in [-0.05, 0) is 51.4 Å². The van der Waals surface area contributed by atoms with Crippen molar-refractivity contribution in [3.8, 4) is 0 Å². The van der Waals surface area contributed by atoms with Crippen molar-refractivity contribution >= 4 is 11.8 Å². The predicted octanol–water partition coefficient (Wildman–Crippen LogP) is 6.08. The van der Waals surface area contributed by atoms with Gasteiger partial charge in [0.2, 0.25) is 0 Å². The van der Waals surface area contributed by atoms with Crippen LogP contribution < -0.4 is 0 Å². The highest BCUT2D eigenvalue weighted by Crippen LogP contribution is 2.51. The van der Waals surface area contributed by atoms with Crippen LogP contribution in [0.2, 0.25) is 0 Å². The van der Waals surface area contributed by atoms with Gasteiger partial charge in [0, 0.05) is 12.9 Å². The fraction of sp³-hybridized carbons (Fsp3) is 1.00. The summed E-state index contributed by atoms with van der Waals surface area (Å²) in [5.41, 5.74) is 0. The summed E-state index contributed by atoms with van der Waals surface area (Å²) >= 11 is 2.06. The molecule has 134 valence electrons. The maximum absolute atomic E-state index is 5.34. The van der Waals surface area contributed by atoms with Gasteiger partial charge < -0.3 is 4.74 Å². The number of thioether (sulfide) groups is 1. The van der Waals surface area contributed by atoms with Gasteiger partial charge in [-0.3, -0.25) is 0 Å². The van der Waals surface area contributed by atoms with Crippen molar-refractivity contribution in [2.24, 2.45) is 22.1 Å². The van der Waals surface area contributed by atoms with Crippen molar-refractivity contribution in [2.75, 3.05) is 19.5 Å². The Morgan fingerprint density at radius 3 is 1.91 bits per heavy atom. The molecule has 0 aliphatic heterocycles. The smallest absolute Gasteiger partial charge is 0.132 e. The molecule has 2 aliphatic rings. The van der Waals surface area contributed by atoms with Gasteiger partial charge in [-0.2, -0.15) is 10.2 Å². The fourth-order valence-corrected chi connectivity index (χ4v) is 5.91. The van der Waals surface area contributed by atoms with Gasteiger partial charge in [-0.25, -0.2) is 0 Å². The number of nitrogens with zero attached hydrogens (tertiary/aromatic N) is 2. The summed E-state index contributed by atoms with van der Waals surface area (Å²) in [6.07, 6.45) is 13.7. The minimum absolute atomic E-state index is 0.0175. The van der Waals surface area contributed by atoms with Crippen molar-refractivity contribution in [1.82, 2.24) is 0 Å². The van der Waals surface area contributed by atoms with Gasteiger partial charge in [0.25, 0.3) is 0 Å². The average Bonchev–Trinajstić information content (AvgIpc) is 2.59. The molecule has 23 heavy (non-hydrogen) atoms. The third kappa shape index (κ3) is 5.45. The van der Waals surface area contributed by atoms with E-state index in [9.17, 15) is 0 Å². The molecule has 3 nitrogen and oxygen atoms in total. The zero-order valence-electron chi connectivity index (χ0n) is 15.4. The Kier molecular flexibility index (Phi) is 8.39. The summed E-state index contributed by atoms with van der Waals surface area (Å²) in [5.74, 6) is 2.47. The van der Waals surface area contributed by atoms with Crippen LogP contribution in [0.25, 0.3) is 0 Å². The van der Waals surface area contributed by atoms with Gasteiger partial charge in [0.1, 0.15) is 4.87 Å². The van der Waals surface area contributed by atoms with E-state index in [2.05, 4.69) is 30.7 Å². The van der Waals surface area contributed by atoms with Gasteiger partial charge in [0.05, 0.1) is 12.6 Å². The molecular weight excluding hydrogens is 304 g/mol. The summed E-state index contributed by atoms with van der Waals surface area (Å²) in [7, 11) is 1.80. The topological polar surface area (TPSA) is 34.0 Å². The van der Waals surface area contributed by atoms with Crippen molar-refractivity contribution in [2.45, 2.75) is 89.0 Å². The normalized spacial score (nSPS) is 22.3. The molecule has 2 rings (SSSR count). The van der Waals surface area contributed by atoms with E-state index in [1.807, 2.05) is 0 Å². The Morgan fingerprint density at radius 1 is 0.957 bits per heavy atom. The first-order valence-electron chi connectivity index (χ1n) is 9.74. The maximum Gasteiger partial charge on any atom is 0.132 e. The van der Waals surface area contributed by atoms with E-state index in [0.717, 1.165) is 12.4 Å².